The summed E-state index contributed by atoms with van der Waals surface area (Å²) < 4.78 is 4.53. The van der Waals surface area contributed by atoms with Gasteiger partial charge in [0, 0.05) is 31.3 Å². The number of methoxy groups -OCH3 is 1. The Morgan fingerprint density at radius 2 is 2.18 bits per heavy atom. The summed E-state index contributed by atoms with van der Waals surface area (Å²) in [6.45, 7) is 0.385. The van der Waals surface area contributed by atoms with Gasteiger partial charge in [-0.2, -0.15) is 0 Å². The van der Waals surface area contributed by atoms with Crippen LogP contribution in [0.15, 0.2) is 12.5 Å². The zero-order valence-electron chi connectivity index (χ0n) is 15.7. The van der Waals surface area contributed by atoms with Gasteiger partial charge in [-0.25, -0.2) is 4.98 Å². The van der Waals surface area contributed by atoms with E-state index in [0.29, 0.717) is 25.1 Å². The van der Waals surface area contributed by atoms with Gasteiger partial charge < -0.3 is 31.4 Å². The van der Waals surface area contributed by atoms with Gasteiger partial charge in [0.2, 0.25) is 17.7 Å². The number of hydrogen-bond acceptors (Lipinski definition) is 7. The summed E-state index contributed by atoms with van der Waals surface area (Å²) in [5, 5.41) is 2.63. The lowest BCUT2D eigenvalue weighted by Crippen LogP contribution is -2.56. The lowest BCUT2D eigenvalue weighted by molar-refractivity contribution is -0.141. The molecule has 0 spiro atoms. The standard InChI is InChI=1S/C17H26N6O5/c1-28-14(24)5-4-11(18)16(26)22-12(7-10-8-20-9-21-10)17(27)23-6-2-3-13(23)15(19)25/h8-9,11-13H,2-7,18H2,1H3,(H2,19,25)(H,20,21)(H,22,26)/t11-,12-,13-/m0/s1. The Kier molecular flexibility index (Phi) is 7.50. The Labute approximate surface area is 162 Å². The Morgan fingerprint density at radius 3 is 2.79 bits per heavy atom. The fourth-order valence-electron chi connectivity index (χ4n) is 3.13. The van der Waals surface area contributed by atoms with E-state index < -0.39 is 41.8 Å². The minimum absolute atomic E-state index is 0.0138. The summed E-state index contributed by atoms with van der Waals surface area (Å²) in [7, 11) is 1.25. The number of nitrogens with one attached hydrogen (secondary N) is 2. The van der Waals surface area contributed by atoms with Crippen molar-refractivity contribution in [2.75, 3.05) is 13.7 Å². The molecule has 0 bridgehead atoms. The number of hydrogen-bond donors (Lipinski definition) is 4. The number of carbonyl (C=O) groups is 4. The molecule has 11 nitrogen and oxygen atoms in total. The molecular weight excluding hydrogens is 368 g/mol. The smallest absolute Gasteiger partial charge is 0.305 e. The molecular formula is C17H26N6O5. The minimum Gasteiger partial charge on any atom is -0.469 e. The second-order valence-corrected chi connectivity index (χ2v) is 6.66. The fraction of sp³-hybridized carbons (Fsp3) is 0.588. The summed E-state index contributed by atoms with van der Waals surface area (Å²) in [6.07, 6.45) is 4.36. The Morgan fingerprint density at radius 1 is 1.43 bits per heavy atom. The van der Waals surface area contributed by atoms with Crippen molar-refractivity contribution >= 4 is 23.7 Å². The van der Waals surface area contributed by atoms with Gasteiger partial charge >= 0.3 is 5.97 Å². The van der Waals surface area contributed by atoms with Gasteiger partial charge in [0.15, 0.2) is 0 Å². The van der Waals surface area contributed by atoms with E-state index >= 15 is 0 Å². The summed E-state index contributed by atoms with van der Waals surface area (Å²) >= 11 is 0. The molecule has 0 aromatic carbocycles. The molecule has 1 aromatic rings. The normalized spacial score (nSPS) is 18.4. The highest BCUT2D eigenvalue weighted by Gasteiger charge is 2.37. The van der Waals surface area contributed by atoms with Crippen LogP contribution in [0.3, 0.4) is 0 Å². The molecule has 1 saturated heterocycles. The van der Waals surface area contributed by atoms with E-state index in [0.717, 1.165) is 0 Å². The molecule has 0 unspecified atom stereocenters. The molecule has 0 saturated carbocycles. The molecule has 2 rings (SSSR count). The number of esters is 1. The topological polar surface area (TPSA) is 174 Å². The molecule has 28 heavy (non-hydrogen) atoms. The van der Waals surface area contributed by atoms with Crippen molar-refractivity contribution in [1.29, 1.82) is 0 Å². The van der Waals surface area contributed by atoms with E-state index in [2.05, 4.69) is 20.0 Å². The largest absolute Gasteiger partial charge is 0.469 e. The maximum atomic E-state index is 13.0. The molecule has 3 atom stereocenters. The highest BCUT2D eigenvalue weighted by atomic mass is 16.5. The minimum atomic E-state index is -0.985. The van der Waals surface area contributed by atoms with Crippen LogP contribution in [0.4, 0.5) is 0 Å². The quantitative estimate of drug-likeness (QED) is 0.357. The van der Waals surface area contributed by atoms with Crippen molar-refractivity contribution in [3.63, 3.8) is 0 Å². The van der Waals surface area contributed by atoms with Crippen LogP contribution in [0, 0.1) is 0 Å². The third kappa shape index (κ3) is 5.52. The molecule has 11 heteroatoms. The second kappa shape index (κ2) is 9.83. The lowest BCUT2D eigenvalue weighted by Gasteiger charge is -2.28. The van der Waals surface area contributed by atoms with Gasteiger partial charge in [0.05, 0.1) is 19.5 Å². The lowest BCUT2D eigenvalue weighted by atomic mass is 10.1. The molecule has 1 fully saturated rings. The van der Waals surface area contributed by atoms with Crippen molar-refractivity contribution < 1.29 is 23.9 Å². The Hall–Kier alpha value is -2.95. The summed E-state index contributed by atoms with van der Waals surface area (Å²) in [5.74, 6) is -2.04. The van der Waals surface area contributed by atoms with Crippen molar-refractivity contribution in [2.24, 2.45) is 11.5 Å². The van der Waals surface area contributed by atoms with Crippen LogP contribution in [-0.2, 0) is 30.3 Å². The van der Waals surface area contributed by atoms with Crippen LogP contribution in [0.2, 0.25) is 0 Å². The van der Waals surface area contributed by atoms with Crippen LogP contribution >= 0.6 is 0 Å². The van der Waals surface area contributed by atoms with Gasteiger partial charge in [-0.3, -0.25) is 19.2 Å². The van der Waals surface area contributed by atoms with Gasteiger partial charge in [0.25, 0.3) is 0 Å². The van der Waals surface area contributed by atoms with Crippen molar-refractivity contribution in [3.8, 4) is 0 Å². The molecule has 6 N–H and O–H groups in total. The van der Waals surface area contributed by atoms with E-state index in [9.17, 15) is 19.2 Å². The predicted molar refractivity (Wildman–Crippen MR) is 97.4 cm³/mol. The zero-order valence-corrected chi connectivity index (χ0v) is 15.7. The predicted octanol–water partition coefficient (Wildman–Crippen LogP) is -1.81. The first-order chi connectivity index (χ1) is 13.3. The average molecular weight is 394 g/mol. The number of primary amides is 1. The van der Waals surface area contributed by atoms with E-state index in [-0.39, 0.29) is 19.3 Å². The number of H-pyrrole nitrogens is 1. The van der Waals surface area contributed by atoms with Crippen molar-refractivity contribution in [2.45, 2.75) is 50.2 Å². The van der Waals surface area contributed by atoms with Crippen LogP contribution < -0.4 is 16.8 Å². The number of carbonyl (C=O) groups excluding carboxylic acids is 4. The number of rotatable bonds is 9. The number of aromatic nitrogens is 2. The highest BCUT2D eigenvalue weighted by molar-refractivity contribution is 5.93. The van der Waals surface area contributed by atoms with Crippen LogP contribution in [0.1, 0.15) is 31.4 Å². The van der Waals surface area contributed by atoms with E-state index in [1.165, 1.54) is 18.3 Å². The van der Waals surface area contributed by atoms with Crippen molar-refractivity contribution in [3.05, 3.63) is 18.2 Å². The van der Waals surface area contributed by atoms with E-state index in [1.54, 1.807) is 6.20 Å². The average Bonchev–Trinajstić information content (AvgIpc) is 3.36. The third-order valence-electron chi connectivity index (χ3n) is 4.68. The maximum Gasteiger partial charge on any atom is 0.305 e. The van der Waals surface area contributed by atoms with Gasteiger partial charge in [-0.05, 0) is 19.3 Å². The molecule has 1 aromatic heterocycles. The van der Waals surface area contributed by atoms with Gasteiger partial charge in [-0.15, -0.1) is 0 Å². The second-order valence-electron chi connectivity index (χ2n) is 6.66. The van der Waals surface area contributed by atoms with Crippen LogP contribution in [0.25, 0.3) is 0 Å². The number of nitrogens with two attached hydrogens (primary N) is 2. The zero-order chi connectivity index (χ0) is 20.7. The van der Waals surface area contributed by atoms with Gasteiger partial charge in [0.1, 0.15) is 12.1 Å². The SMILES string of the molecule is COC(=O)CC[C@H](N)C(=O)N[C@@H](Cc1cnc[nH]1)C(=O)N1CCC[C@H]1C(N)=O. The highest BCUT2D eigenvalue weighted by Crippen LogP contribution is 2.19. The number of aromatic amines is 1. The number of imidazole rings is 1. The number of nitrogens with zero attached hydrogens (tertiary/aromatic N) is 2. The number of likely N-dealkylation sites (tertiary alicyclic amines) is 1. The van der Waals surface area contributed by atoms with Crippen molar-refractivity contribution in [1.82, 2.24) is 20.2 Å². The first-order valence-corrected chi connectivity index (χ1v) is 9.03. The fourth-order valence-corrected chi connectivity index (χ4v) is 3.13. The molecule has 154 valence electrons. The molecule has 0 aliphatic carbocycles. The molecule has 1 aliphatic heterocycles. The third-order valence-corrected chi connectivity index (χ3v) is 4.68. The first-order valence-electron chi connectivity index (χ1n) is 9.03. The molecule has 2 heterocycles. The monoisotopic (exact) mass is 394 g/mol. The van der Waals surface area contributed by atoms with E-state index in [4.69, 9.17) is 11.5 Å². The van der Waals surface area contributed by atoms with E-state index in [1.807, 2.05) is 0 Å². The maximum absolute atomic E-state index is 13.0. The van der Waals surface area contributed by atoms with Crippen LogP contribution in [0.5, 0.6) is 0 Å². The first kappa shape index (κ1) is 21.4. The molecule has 1 aliphatic rings. The summed E-state index contributed by atoms with van der Waals surface area (Å²) in [4.78, 5) is 56.5. The number of ether oxygens (including phenoxy) is 1. The Bertz CT molecular complexity index is 707. The summed E-state index contributed by atoms with van der Waals surface area (Å²) in [6, 6.07) is -2.62. The molecule has 0 radical (unpaired) electrons. The number of amides is 3. The molecule has 3 amide bonds. The summed E-state index contributed by atoms with van der Waals surface area (Å²) in [5.41, 5.74) is 11.9. The Balaban J connectivity index is 2.08. The van der Waals surface area contributed by atoms with Crippen LogP contribution in [-0.4, -0.2) is 70.3 Å². The van der Waals surface area contributed by atoms with Gasteiger partial charge in [-0.1, -0.05) is 0 Å².